The van der Waals surface area contributed by atoms with E-state index in [0.29, 0.717) is 27.2 Å². The molecule has 1 amide bonds. The summed E-state index contributed by atoms with van der Waals surface area (Å²) in [6.07, 6.45) is 3.52. The molecule has 5 N–H and O–H groups in total. The first kappa shape index (κ1) is 15.3. The van der Waals surface area contributed by atoms with E-state index in [4.69, 9.17) is 23.1 Å². The maximum Gasteiger partial charge on any atom is 0.250 e. The van der Waals surface area contributed by atoms with Gasteiger partial charge in [0.05, 0.1) is 16.1 Å². The van der Waals surface area contributed by atoms with Crippen LogP contribution in [-0.2, 0) is 0 Å². The molecule has 1 aromatic carbocycles. The molecule has 0 spiro atoms. The van der Waals surface area contributed by atoms with E-state index in [1.807, 2.05) is 0 Å². The van der Waals surface area contributed by atoms with Crippen molar-refractivity contribution in [3.8, 4) is 0 Å². The highest BCUT2D eigenvalue weighted by Crippen LogP contribution is 2.42. The summed E-state index contributed by atoms with van der Waals surface area (Å²) in [6.45, 7) is 1.79. The van der Waals surface area contributed by atoms with Gasteiger partial charge in [0.25, 0.3) is 5.91 Å². The molecule has 1 aliphatic rings. The number of halogens is 2. The first-order valence-electron chi connectivity index (χ1n) is 7.45. The Morgan fingerprint density at radius 2 is 2.18 bits per heavy atom. The van der Waals surface area contributed by atoms with E-state index < -0.39 is 11.7 Å². The molecule has 2 atom stereocenters. The fourth-order valence-corrected chi connectivity index (χ4v) is 3.78. The second-order valence-electron chi connectivity index (χ2n) is 6.12. The number of nitrogens with one attached hydrogen (secondary N) is 1. The molecule has 2 unspecified atom stereocenters. The fourth-order valence-electron chi connectivity index (χ4n) is 3.54. The molecule has 3 rings (SSSR count). The van der Waals surface area contributed by atoms with Crippen LogP contribution in [0.5, 0.6) is 0 Å². The molecule has 118 valence electrons. The van der Waals surface area contributed by atoms with Gasteiger partial charge in [-0.15, -0.1) is 0 Å². The lowest BCUT2D eigenvalue weighted by Crippen LogP contribution is -2.27. The van der Waals surface area contributed by atoms with E-state index in [2.05, 4.69) is 4.98 Å². The SMILES string of the molecule is Cc1[nH]c2c(C(N)=O)cc(F)c(C3CCCC(N)C3)c2c1Cl. The van der Waals surface area contributed by atoms with E-state index >= 15 is 0 Å². The Balaban J connectivity index is 2.28. The molecule has 0 bridgehead atoms. The van der Waals surface area contributed by atoms with Crippen LogP contribution >= 0.6 is 11.6 Å². The Morgan fingerprint density at radius 1 is 1.45 bits per heavy atom. The number of aromatic nitrogens is 1. The lowest BCUT2D eigenvalue weighted by Gasteiger charge is -2.28. The summed E-state index contributed by atoms with van der Waals surface area (Å²) in [5.41, 5.74) is 13.3. The highest BCUT2D eigenvalue weighted by Gasteiger charge is 2.28. The molecule has 6 heteroatoms. The molecular weight excluding hydrogens is 305 g/mol. The van der Waals surface area contributed by atoms with E-state index in [1.165, 1.54) is 6.07 Å². The number of hydrogen-bond donors (Lipinski definition) is 3. The largest absolute Gasteiger partial charge is 0.366 e. The molecular formula is C16H19ClFN3O. The van der Waals surface area contributed by atoms with Crippen molar-refractivity contribution in [3.05, 3.63) is 33.7 Å². The molecule has 1 aromatic heterocycles. The zero-order valence-corrected chi connectivity index (χ0v) is 13.1. The Kier molecular flexibility index (Phi) is 3.87. The molecule has 1 saturated carbocycles. The van der Waals surface area contributed by atoms with Crippen molar-refractivity contribution in [1.29, 1.82) is 0 Å². The smallest absolute Gasteiger partial charge is 0.250 e. The van der Waals surface area contributed by atoms with Gasteiger partial charge in [0.15, 0.2) is 0 Å². The van der Waals surface area contributed by atoms with Crippen LogP contribution < -0.4 is 11.5 Å². The number of carbonyl (C=O) groups excluding carboxylic acids is 1. The fraction of sp³-hybridized carbons (Fsp3) is 0.438. The molecule has 0 radical (unpaired) electrons. The summed E-state index contributed by atoms with van der Waals surface area (Å²) in [5, 5.41) is 1.03. The van der Waals surface area contributed by atoms with Gasteiger partial charge in [-0.25, -0.2) is 4.39 Å². The van der Waals surface area contributed by atoms with E-state index in [-0.39, 0.29) is 17.5 Å². The van der Waals surface area contributed by atoms with Crippen molar-refractivity contribution < 1.29 is 9.18 Å². The van der Waals surface area contributed by atoms with Gasteiger partial charge in [0, 0.05) is 22.7 Å². The first-order chi connectivity index (χ1) is 10.4. The first-order valence-corrected chi connectivity index (χ1v) is 7.83. The molecule has 0 aliphatic heterocycles. The highest BCUT2D eigenvalue weighted by molar-refractivity contribution is 6.37. The van der Waals surface area contributed by atoms with Crippen molar-refractivity contribution >= 4 is 28.4 Å². The monoisotopic (exact) mass is 323 g/mol. The van der Waals surface area contributed by atoms with Crippen LogP contribution in [0.25, 0.3) is 10.9 Å². The maximum absolute atomic E-state index is 14.7. The summed E-state index contributed by atoms with van der Waals surface area (Å²) < 4.78 is 14.7. The standard InChI is InChI=1S/C16H19ClFN3O/c1-7-14(17)13-12(8-3-2-4-9(19)5-8)11(18)6-10(16(20)22)15(13)21-7/h6,8-9,21H,2-5,19H2,1H3,(H2,20,22). The number of H-pyrrole nitrogens is 1. The third kappa shape index (κ3) is 2.38. The van der Waals surface area contributed by atoms with Crippen molar-refractivity contribution in [2.45, 2.75) is 44.6 Å². The number of hydrogen-bond acceptors (Lipinski definition) is 2. The lowest BCUT2D eigenvalue weighted by molar-refractivity contribution is 0.100. The van der Waals surface area contributed by atoms with Crippen LogP contribution in [-0.4, -0.2) is 16.9 Å². The molecule has 1 heterocycles. The second kappa shape index (κ2) is 5.56. The topological polar surface area (TPSA) is 84.9 Å². The van der Waals surface area contributed by atoms with Crippen LogP contribution in [0.1, 0.15) is 53.2 Å². The summed E-state index contributed by atoms with van der Waals surface area (Å²) in [4.78, 5) is 14.7. The Bertz CT molecular complexity index is 756. The average molecular weight is 324 g/mol. The van der Waals surface area contributed by atoms with Crippen LogP contribution in [0, 0.1) is 12.7 Å². The summed E-state index contributed by atoms with van der Waals surface area (Å²) in [7, 11) is 0. The highest BCUT2D eigenvalue weighted by atomic mass is 35.5. The normalized spacial score (nSPS) is 22.2. The minimum absolute atomic E-state index is 0.0147. The molecule has 4 nitrogen and oxygen atoms in total. The number of benzene rings is 1. The van der Waals surface area contributed by atoms with Crippen LogP contribution in [0.3, 0.4) is 0 Å². The molecule has 2 aromatic rings. The number of nitrogens with two attached hydrogens (primary N) is 2. The third-order valence-corrected chi connectivity index (χ3v) is 5.04. The summed E-state index contributed by atoms with van der Waals surface area (Å²) in [5.74, 6) is -1.09. The second-order valence-corrected chi connectivity index (χ2v) is 6.50. The van der Waals surface area contributed by atoms with Gasteiger partial charge >= 0.3 is 0 Å². The number of rotatable bonds is 2. The Labute approximate surface area is 133 Å². The van der Waals surface area contributed by atoms with Crippen LogP contribution in [0.15, 0.2) is 6.07 Å². The number of aromatic amines is 1. The molecule has 1 fully saturated rings. The van der Waals surface area contributed by atoms with Crippen LogP contribution in [0.4, 0.5) is 4.39 Å². The third-order valence-electron chi connectivity index (χ3n) is 4.57. The Morgan fingerprint density at radius 3 is 2.82 bits per heavy atom. The van der Waals surface area contributed by atoms with Gasteiger partial charge in [-0.1, -0.05) is 18.0 Å². The van der Waals surface area contributed by atoms with E-state index in [9.17, 15) is 9.18 Å². The van der Waals surface area contributed by atoms with E-state index in [1.54, 1.807) is 6.92 Å². The minimum Gasteiger partial charge on any atom is -0.366 e. The Hall–Kier alpha value is -1.59. The van der Waals surface area contributed by atoms with E-state index in [0.717, 1.165) is 25.7 Å². The number of aryl methyl sites for hydroxylation is 1. The van der Waals surface area contributed by atoms with Crippen molar-refractivity contribution in [2.75, 3.05) is 0 Å². The van der Waals surface area contributed by atoms with Gasteiger partial charge < -0.3 is 16.5 Å². The molecule has 0 saturated heterocycles. The minimum atomic E-state index is -0.672. The zero-order valence-electron chi connectivity index (χ0n) is 12.4. The zero-order chi connectivity index (χ0) is 16.0. The molecule has 22 heavy (non-hydrogen) atoms. The predicted molar refractivity (Wildman–Crippen MR) is 85.7 cm³/mol. The number of primary amides is 1. The molecule has 1 aliphatic carbocycles. The van der Waals surface area contributed by atoms with Gasteiger partial charge in [-0.3, -0.25) is 4.79 Å². The quantitative estimate of drug-likeness (QED) is 0.791. The number of carbonyl (C=O) groups is 1. The van der Waals surface area contributed by atoms with Gasteiger partial charge in [-0.2, -0.15) is 0 Å². The van der Waals surface area contributed by atoms with Crippen molar-refractivity contribution in [1.82, 2.24) is 4.98 Å². The van der Waals surface area contributed by atoms with Gasteiger partial charge in [0.2, 0.25) is 0 Å². The average Bonchev–Trinajstić information content (AvgIpc) is 2.74. The van der Waals surface area contributed by atoms with Crippen molar-refractivity contribution in [3.63, 3.8) is 0 Å². The maximum atomic E-state index is 14.7. The van der Waals surface area contributed by atoms with Crippen LogP contribution in [0.2, 0.25) is 5.02 Å². The number of fused-ring (bicyclic) bond motifs is 1. The van der Waals surface area contributed by atoms with Crippen molar-refractivity contribution in [2.24, 2.45) is 11.5 Å². The predicted octanol–water partition coefficient (Wildman–Crippen LogP) is 3.35. The lowest BCUT2D eigenvalue weighted by atomic mass is 9.80. The summed E-state index contributed by atoms with van der Waals surface area (Å²) in [6, 6.07) is 1.29. The van der Waals surface area contributed by atoms with Gasteiger partial charge in [-0.05, 0) is 38.2 Å². The summed E-state index contributed by atoms with van der Waals surface area (Å²) >= 11 is 6.37. The number of amides is 1. The van der Waals surface area contributed by atoms with Gasteiger partial charge in [0.1, 0.15) is 5.82 Å².